The lowest BCUT2D eigenvalue weighted by atomic mass is 10.2. The highest BCUT2D eigenvalue weighted by Gasteiger charge is 2.16. The molecule has 1 aromatic carbocycles. The second-order valence-corrected chi connectivity index (χ2v) is 5.13. The van der Waals surface area contributed by atoms with Crippen molar-refractivity contribution in [2.75, 3.05) is 6.61 Å². The molecule has 0 fully saturated rings. The zero-order valence-corrected chi connectivity index (χ0v) is 10.9. The molecular formula is C12H13N5OS. The van der Waals surface area contributed by atoms with E-state index in [1.165, 1.54) is 11.3 Å². The van der Waals surface area contributed by atoms with E-state index >= 15 is 0 Å². The molecule has 2 heterocycles. The summed E-state index contributed by atoms with van der Waals surface area (Å²) in [5, 5.41) is 22.4. The Morgan fingerprint density at radius 1 is 1.26 bits per heavy atom. The van der Waals surface area contributed by atoms with Crippen LogP contribution in [0.3, 0.4) is 0 Å². The number of hydrogen-bond acceptors (Lipinski definition) is 6. The van der Waals surface area contributed by atoms with E-state index in [0.717, 1.165) is 10.6 Å². The Balaban J connectivity index is 2.03. The van der Waals surface area contributed by atoms with Crippen molar-refractivity contribution >= 4 is 16.3 Å². The number of hydrogen-bond donors (Lipinski definition) is 2. The highest BCUT2D eigenvalue weighted by atomic mass is 32.1. The molecule has 0 aliphatic carbocycles. The van der Waals surface area contributed by atoms with Crippen LogP contribution in [0.2, 0.25) is 0 Å². The van der Waals surface area contributed by atoms with Gasteiger partial charge < -0.3 is 10.8 Å². The van der Waals surface area contributed by atoms with Gasteiger partial charge in [-0.1, -0.05) is 41.7 Å². The molecule has 0 saturated heterocycles. The summed E-state index contributed by atoms with van der Waals surface area (Å²) in [6, 6.07) is 9.50. The Morgan fingerprint density at radius 3 is 2.79 bits per heavy atom. The molecule has 7 heteroatoms. The molecule has 0 amide bonds. The Bertz CT molecular complexity index is 678. The van der Waals surface area contributed by atoms with Gasteiger partial charge >= 0.3 is 0 Å². The van der Waals surface area contributed by atoms with E-state index in [-0.39, 0.29) is 12.6 Å². The molecule has 6 nitrogen and oxygen atoms in total. The molecule has 1 unspecified atom stereocenters. The monoisotopic (exact) mass is 275 g/mol. The summed E-state index contributed by atoms with van der Waals surface area (Å²) in [6.07, 6.45) is 0.491. The Morgan fingerprint density at radius 2 is 2.05 bits per heavy atom. The van der Waals surface area contributed by atoms with Crippen molar-refractivity contribution in [1.29, 1.82) is 0 Å². The average Bonchev–Trinajstić information content (AvgIpc) is 2.99. The number of aliphatic hydroxyl groups excluding tert-OH is 1. The van der Waals surface area contributed by atoms with Crippen LogP contribution in [-0.4, -0.2) is 31.5 Å². The smallest absolute Gasteiger partial charge is 0.235 e. The standard InChI is InChI=1S/C12H13N5OS/c13-9(6-7-18)11-16-17-10(14-15-12(17)19-11)8-4-2-1-3-5-8/h1-5,9,18H,6-7,13H2. The molecule has 1 atom stereocenters. The van der Waals surface area contributed by atoms with Crippen LogP contribution >= 0.6 is 11.3 Å². The van der Waals surface area contributed by atoms with Crippen LogP contribution in [0.4, 0.5) is 0 Å². The van der Waals surface area contributed by atoms with E-state index in [2.05, 4.69) is 15.3 Å². The molecule has 0 aliphatic heterocycles. The lowest BCUT2D eigenvalue weighted by Crippen LogP contribution is -2.12. The lowest BCUT2D eigenvalue weighted by molar-refractivity contribution is 0.276. The van der Waals surface area contributed by atoms with E-state index < -0.39 is 0 Å². The molecule has 0 saturated carbocycles. The maximum atomic E-state index is 8.92. The van der Waals surface area contributed by atoms with E-state index in [4.69, 9.17) is 10.8 Å². The Kier molecular flexibility index (Phi) is 3.24. The Labute approximate surface area is 113 Å². The number of nitrogens with two attached hydrogens (primary N) is 1. The van der Waals surface area contributed by atoms with Crippen LogP contribution in [0.15, 0.2) is 30.3 Å². The van der Waals surface area contributed by atoms with Gasteiger partial charge in [-0.05, 0) is 6.42 Å². The van der Waals surface area contributed by atoms with Crippen LogP contribution in [0.1, 0.15) is 17.5 Å². The number of rotatable bonds is 4. The van der Waals surface area contributed by atoms with Crippen molar-refractivity contribution in [2.45, 2.75) is 12.5 Å². The summed E-state index contributed by atoms with van der Waals surface area (Å²) in [4.78, 5) is 0.710. The number of fused-ring (bicyclic) bond motifs is 1. The minimum atomic E-state index is -0.264. The highest BCUT2D eigenvalue weighted by molar-refractivity contribution is 7.16. The van der Waals surface area contributed by atoms with Gasteiger partial charge in [-0.25, -0.2) is 0 Å². The number of benzene rings is 1. The number of aliphatic hydroxyl groups is 1. The highest BCUT2D eigenvalue weighted by Crippen LogP contribution is 2.24. The van der Waals surface area contributed by atoms with E-state index in [9.17, 15) is 0 Å². The fraction of sp³-hybridized carbons (Fsp3) is 0.250. The molecule has 0 radical (unpaired) electrons. The molecule has 2 aromatic heterocycles. The van der Waals surface area contributed by atoms with Gasteiger partial charge in [-0.15, -0.1) is 10.2 Å². The van der Waals surface area contributed by atoms with E-state index in [1.54, 1.807) is 4.52 Å². The van der Waals surface area contributed by atoms with Crippen LogP contribution in [0, 0.1) is 0 Å². The van der Waals surface area contributed by atoms with Gasteiger partial charge in [-0.2, -0.15) is 9.61 Å². The normalized spacial score (nSPS) is 12.9. The van der Waals surface area contributed by atoms with Gasteiger partial charge in [0.2, 0.25) is 4.96 Å². The largest absolute Gasteiger partial charge is 0.396 e. The minimum Gasteiger partial charge on any atom is -0.396 e. The molecule has 3 N–H and O–H groups in total. The van der Waals surface area contributed by atoms with Gasteiger partial charge in [0.15, 0.2) is 5.82 Å². The van der Waals surface area contributed by atoms with E-state index in [1.807, 2.05) is 30.3 Å². The first-order valence-electron chi connectivity index (χ1n) is 5.93. The third-order valence-electron chi connectivity index (χ3n) is 2.80. The van der Waals surface area contributed by atoms with Crippen molar-refractivity contribution < 1.29 is 5.11 Å². The van der Waals surface area contributed by atoms with Crippen LogP contribution in [-0.2, 0) is 0 Å². The molecule has 3 rings (SSSR count). The molecular weight excluding hydrogens is 262 g/mol. The minimum absolute atomic E-state index is 0.0485. The molecule has 0 spiro atoms. The predicted molar refractivity (Wildman–Crippen MR) is 72.7 cm³/mol. The van der Waals surface area contributed by atoms with Crippen molar-refractivity contribution in [3.8, 4) is 11.4 Å². The Hall–Kier alpha value is -1.83. The topological polar surface area (TPSA) is 89.3 Å². The molecule has 0 bridgehead atoms. The first-order valence-corrected chi connectivity index (χ1v) is 6.75. The van der Waals surface area contributed by atoms with Crippen molar-refractivity contribution in [1.82, 2.24) is 19.8 Å². The summed E-state index contributed by atoms with van der Waals surface area (Å²) >= 11 is 1.40. The van der Waals surface area contributed by atoms with Crippen molar-refractivity contribution in [3.63, 3.8) is 0 Å². The number of aromatic nitrogens is 4. The summed E-state index contributed by atoms with van der Waals surface area (Å²) in [5.41, 5.74) is 6.90. The van der Waals surface area contributed by atoms with Gasteiger partial charge in [0.25, 0.3) is 0 Å². The van der Waals surface area contributed by atoms with Crippen LogP contribution in [0.25, 0.3) is 16.3 Å². The number of nitrogens with zero attached hydrogens (tertiary/aromatic N) is 4. The average molecular weight is 275 g/mol. The molecule has 3 aromatic rings. The lowest BCUT2D eigenvalue weighted by Gasteiger charge is -2.03. The maximum absolute atomic E-state index is 8.92. The van der Waals surface area contributed by atoms with Crippen molar-refractivity contribution in [2.24, 2.45) is 5.73 Å². The summed E-state index contributed by atoms with van der Waals surface area (Å²) in [6.45, 7) is 0.0485. The van der Waals surface area contributed by atoms with Gasteiger partial charge in [-0.3, -0.25) is 0 Å². The zero-order chi connectivity index (χ0) is 13.2. The van der Waals surface area contributed by atoms with Gasteiger partial charge in [0.1, 0.15) is 5.01 Å². The predicted octanol–water partition coefficient (Wildman–Crippen LogP) is 1.23. The third kappa shape index (κ3) is 2.23. The first-order chi connectivity index (χ1) is 9.29. The molecule has 0 aliphatic rings. The molecule has 19 heavy (non-hydrogen) atoms. The van der Waals surface area contributed by atoms with Gasteiger partial charge in [0, 0.05) is 12.2 Å². The third-order valence-corrected chi connectivity index (χ3v) is 3.83. The van der Waals surface area contributed by atoms with Crippen LogP contribution in [0.5, 0.6) is 0 Å². The summed E-state index contributed by atoms with van der Waals surface area (Å²) < 4.78 is 1.70. The van der Waals surface area contributed by atoms with Crippen molar-refractivity contribution in [3.05, 3.63) is 35.3 Å². The first kappa shape index (κ1) is 12.2. The SMILES string of the molecule is NC(CCO)c1nn2c(-c3ccccc3)nnc2s1. The summed E-state index contributed by atoms with van der Waals surface area (Å²) in [5.74, 6) is 0.703. The summed E-state index contributed by atoms with van der Waals surface area (Å²) in [7, 11) is 0. The fourth-order valence-corrected chi connectivity index (χ4v) is 2.69. The van der Waals surface area contributed by atoms with Crippen LogP contribution < -0.4 is 5.73 Å². The van der Waals surface area contributed by atoms with E-state index in [0.29, 0.717) is 17.2 Å². The zero-order valence-electron chi connectivity index (χ0n) is 10.1. The second kappa shape index (κ2) is 5.04. The quantitative estimate of drug-likeness (QED) is 0.747. The molecule has 98 valence electrons. The maximum Gasteiger partial charge on any atom is 0.235 e. The second-order valence-electron chi connectivity index (χ2n) is 4.14. The van der Waals surface area contributed by atoms with Gasteiger partial charge in [0.05, 0.1) is 6.04 Å². The fourth-order valence-electron chi connectivity index (χ4n) is 1.81.